The normalized spacial score (nSPS) is 20.8. The number of aryl methyl sites for hydroxylation is 1. The summed E-state index contributed by atoms with van der Waals surface area (Å²) >= 11 is 0. The van der Waals surface area contributed by atoms with Crippen LogP contribution in [0.1, 0.15) is 70.4 Å². The van der Waals surface area contributed by atoms with Crippen molar-refractivity contribution in [2.75, 3.05) is 4.90 Å². The summed E-state index contributed by atoms with van der Waals surface area (Å²) in [6.07, 6.45) is 3.94. The second-order valence-corrected chi connectivity index (χ2v) is 7.47. The molecule has 2 atom stereocenters. The third kappa shape index (κ3) is 3.37. The Morgan fingerprint density at radius 3 is 2.78 bits per heavy atom. The molecule has 0 aromatic heterocycles. The van der Waals surface area contributed by atoms with Crippen LogP contribution in [-0.4, -0.2) is 17.5 Å². The van der Waals surface area contributed by atoms with Gasteiger partial charge in [0, 0.05) is 11.2 Å². The molecule has 0 bridgehead atoms. The summed E-state index contributed by atoms with van der Waals surface area (Å²) in [5, 5.41) is 0. The highest BCUT2D eigenvalue weighted by atomic mass is 16.2. The number of benzene rings is 1. The quantitative estimate of drug-likeness (QED) is 0.495. The van der Waals surface area contributed by atoms with Gasteiger partial charge in [-0.1, -0.05) is 44.9 Å². The summed E-state index contributed by atoms with van der Waals surface area (Å²) < 4.78 is 0. The SMILES string of the molecule is CCCC[C@@H](C(=O)NN)N1c2c(C)cccc2[C@@H](C)CC1(C)C. The van der Waals surface area contributed by atoms with Crippen molar-refractivity contribution in [3.05, 3.63) is 29.3 Å². The van der Waals surface area contributed by atoms with Gasteiger partial charge < -0.3 is 4.90 Å². The number of unbranched alkanes of at least 4 members (excludes halogenated alkanes) is 1. The standard InChI is InChI=1S/C19H31N3O/c1-6-7-11-16(18(23)21-20)22-17-13(2)9-8-10-15(17)14(3)12-19(22,4)5/h8-10,14,16H,6-7,11-12,20H2,1-5H3,(H,21,23)/t14-,16-/m0/s1. The molecule has 0 saturated heterocycles. The molecule has 1 amide bonds. The fourth-order valence-electron chi connectivity index (χ4n) is 4.12. The molecule has 1 heterocycles. The van der Waals surface area contributed by atoms with Gasteiger partial charge in [0.25, 0.3) is 5.91 Å². The predicted molar refractivity (Wildman–Crippen MR) is 96.4 cm³/mol. The summed E-state index contributed by atoms with van der Waals surface area (Å²) in [6, 6.07) is 6.23. The minimum atomic E-state index is -0.220. The van der Waals surface area contributed by atoms with Crippen LogP contribution in [0.2, 0.25) is 0 Å². The Bertz CT molecular complexity index is 568. The number of nitrogens with zero attached hydrogens (tertiary/aromatic N) is 1. The lowest BCUT2D eigenvalue weighted by Crippen LogP contribution is -2.59. The molecule has 1 aromatic carbocycles. The molecule has 0 saturated carbocycles. The first-order valence-corrected chi connectivity index (χ1v) is 8.72. The molecular weight excluding hydrogens is 286 g/mol. The number of fused-ring (bicyclic) bond motifs is 1. The number of hydrogen-bond donors (Lipinski definition) is 2. The van der Waals surface area contributed by atoms with Crippen LogP contribution in [0.5, 0.6) is 0 Å². The fourth-order valence-corrected chi connectivity index (χ4v) is 4.12. The first-order valence-electron chi connectivity index (χ1n) is 8.72. The molecule has 0 radical (unpaired) electrons. The van der Waals surface area contributed by atoms with Gasteiger partial charge in [0.05, 0.1) is 0 Å². The van der Waals surface area contributed by atoms with Crippen molar-refractivity contribution in [1.29, 1.82) is 0 Å². The van der Waals surface area contributed by atoms with E-state index in [2.05, 4.69) is 63.1 Å². The first kappa shape index (κ1) is 17.8. The van der Waals surface area contributed by atoms with E-state index >= 15 is 0 Å². The predicted octanol–water partition coefficient (Wildman–Crippen LogP) is 3.64. The summed E-state index contributed by atoms with van der Waals surface area (Å²) in [4.78, 5) is 14.9. The molecule has 1 aliphatic heterocycles. The van der Waals surface area contributed by atoms with E-state index in [-0.39, 0.29) is 17.5 Å². The molecule has 1 aliphatic rings. The third-order valence-electron chi connectivity index (χ3n) is 5.09. The van der Waals surface area contributed by atoms with Crippen LogP contribution < -0.4 is 16.2 Å². The third-order valence-corrected chi connectivity index (χ3v) is 5.09. The van der Waals surface area contributed by atoms with Gasteiger partial charge in [-0.2, -0.15) is 0 Å². The number of para-hydroxylation sites is 1. The first-order chi connectivity index (χ1) is 10.8. The monoisotopic (exact) mass is 317 g/mol. The summed E-state index contributed by atoms with van der Waals surface area (Å²) in [5.41, 5.74) is 6.11. The van der Waals surface area contributed by atoms with Gasteiger partial charge in [-0.15, -0.1) is 0 Å². The van der Waals surface area contributed by atoms with Crippen molar-refractivity contribution < 1.29 is 4.79 Å². The Kier molecular flexibility index (Phi) is 5.35. The molecule has 128 valence electrons. The zero-order valence-electron chi connectivity index (χ0n) is 15.1. The van der Waals surface area contributed by atoms with Gasteiger partial charge in [0.1, 0.15) is 6.04 Å². The van der Waals surface area contributed by atoms with E-state index in [0.29, 0.717) is 5.92 Å². The van der Waals surface area contributed by atoms with Crippen molar-refractivity contribution >= 4 is 11.6 Å². The number of hydrazine groups is 1. The second-order valence-electron chi connectivity index (χ2n) is 7.47. The van der Waals surface area contributed by atoms with Crippen LogP contribution in [0.15, 0.2) is 18.2 Å². The Balaban J connectivity index is 2.56. The van der Waals surface area contributed by atoms with Crippen LogP contribution >= 0.6 is 0 Å². The number of amides is 1. The highest BCUT2D eigenvalue weighted by Gasteiger charge is 2.42. The van der Waals surface area contributed by atoms with Gasteiger partial charge in [0.2, 0.25) is 0 Å². The lowest BCUT2D eigenvalue weighted by atomic mass is 9.77. The van der Waals surface area contributed by atoms with Gasteiger partial charge in [-0.05, 0) is 50.7 Å². The van der Waals surface area contributed by atoms with E-state index in [1.807, 2.05) is 0 Å². The fraction of sp³-hybridized carbons (Fsp3) is 0.632. The zero-order chi connectivity index (χ0) is 17.2. The molecule has 0 unspecified atom stereocenters. The van der Waals surface area contributed by atoms with Crippen LogP contribution in [0.4, 0.5) is 5.69 Å². The molecule has 4 heteroatoms. The van der Waals surface area contributed by atoms with E-state index in [9.17, 15) is 4.79 Å². The van der Waals surface area contributed by atoms with Gasteiger partial charge in [-0.25, -0.2) is 5.84 Å². The average Bonchev–Trinajstić information content (AvgIpc) is 2.49. The van der Waals surface area contributed by atoms with Gasteiger partial charge in [-0.3, -0.25) is 10.2 Å². The van der Waals surface area contributed by atoms with E-state index in [1.54, 1.807) is 0 Å². The van der Waals surface area contributed by atoms with E-state index < -0.39 is 0 Å². The molecular formula is C19H31N3O. The maximum absolute atomic E-state index is 12.5. The second kappa shape index (κ2) is 6.91. The lowest BCUT2D eigenvalue weighted by molar-refractivity contribution is -0.123. The van der Waals surface area contributed by atoms with Gasteiger partial charge >= 0.3 is 0 Å². The minimum Gasteiger partial charge on any atom is -0.354 e. The zero-order valence-corrected chi connectivity index (χ0v) is 15.1. The molecule has 3 N–H and O–H groups in total. The Labute approximate surface area is 140 Å². The van der Waals surface area contributed by atoms with E-state index in [0.717, 1.165) is 25.7 Å². The highest BCUT2D eigenvalue weighted by Crippen LogP contribution is 2.46. The maximum atomic E-state index is 12.5. The Morgan fingerprint density at radius 2 is 2.17 bits per heavy atom. The summed E-state index contributed by atoms with van der Waals surface area (Å²) in [5.74, 6) is 5.90. The largest absolute Gasteiger partial charge is 0.354 e. The van der Waals surface area contributed by atoms with Crippen molar-refractivity contribution in [1.82, 2.24) is 5.43 Å². The maximum Gasteiger partial charge on any atom is 0.256 e. The topological polar surface area (TPSA) is 58.4 Å². The van der Waals surface area contributed by atoms with Crippen LogP contribution in [0, 0.1) is 6.92 Å². The van der Waals surface area contributed by atoms with Crippen LogP contribution in [-0.2, 0) is 4.79 Å². The average molecular weight is 317 g/mol. The molecule has 4 nitrogen and oxygen atoms in total. The molecule has 1 aromatic rings. The van der Waals surface area contributed by atoms with E-state index in [4.69, 9.17) is 5.84 Å². The van der Waals surface area contributed by atoms with Crippen molar-refractivity contribution in [3.63, 3.8) is 0 Å². The molecule has 2 rings (SSSR count). The smallest absolute Gasteiger partial charge is 0.256 e. The van der Waals surface area contributed by atoms with Crippen molar-refractivity contribution in [2.45, 2.75) is 77.8 Å². The van der Waals surface area contributed by atoms with Crippen molar-refractivity contribution in [3.8, 4) is 0 Å². The lowest BCUT2D eigenvalue weighted by Gasteiger charge is -2.51. The summed E-state index contributed by atoms with van der Waals surface area (Å²) in [6.45, 7) is 11.0. The Hall–Kier alpha value is -1.55. The number of anilines is 1. The van der Waals surface area contributed by atoms with Gasteiger partial charge in [0.15, 0.2) is 0 Å². The minimum absolute atomic E-state index is 0.0799. The highest BCUT2D eigenvalue weighted by molar-refractivity contribution is 5.86. The number of carbonyl (C=O) groups is 1. The van der Waals surface area contributed by atoms with Crippen LogP contribution in [0.25, 0.3) is 0 Å². The van der Waals surface area contributed by atoms with Crippen LogP contribution in [0.3, 0.4) is 0 Å². The molecule has 0 spiro atoms. The van der Waals surface area contributed by atoms with E-state index in [1.165, 1.54) is 16.8 Å². The number of rotatable bonds is 5. The number of nitrogens with one attached hydrogen (secondary N) is 1. The number of hydrogen-bond acceptors (Lipinski definition) is 3. The Morgan fingerprint density at radius 1 is 1.48 bits per heavy atom. The molecule has 0 fully saturated rings. The van der Waals surface area contributed by atoms with Crippen molar-refractivity contribution in [2.24, 2.45) is 5.84 Å². The number of carbonyl (C=O) groups excluding carboxylic acids is 1. The summed E-state index contributed by atoms with van der Waals surface area (Å²) in [7, 11) is 0. The molecule has 0 aliphatic carbocycles. The molecule has 23 heavy (non-hydrogen) atoms. The number of nitrogens with two attached hydrogens (primary N) is 1.